The van der Waals surface area contributed by atoms with Gasteiger partial charge in [-0.3, -0.25) is 14.4 Å². The number of carbonyl (C=O) groups is 4. The van der Waals surface area contributed by atoms with Gasteiger partial charge in [-0.25, -0.2) is 4.79 Å². The Bertz CT molecular complexity index is 934. The number of phenols is 1. The monoisotopic (exact) mass is 490 g/mol. The normalized spacial score (nSPS) is 25.0. The summed E-state index contributed by atoms with van der Waals surface area (Å²) in [4.78, 5) is 51.3. The zero-order valence-electron chi connectivity index (χ0n) is 20.1. The van der Waals surface area contributed by atoms with Crippen molar-refractivity contribution in [1.82, 2.24) is 10.6 Å². The van der Waals surface area contributed by atoms with E-state index in [-0.39, 0.29) is 35.0 Å². The van der Waals surface area contributed by atoms with Crippen molar-refractivity contribution in [3.63, 3.8) is 0 Å². The zero-order chi connectivity index (χ0) is 25.0. The molecule has 34 heavy (non-hydrogen) atoms. The number of carbonyl (C=O) groups excluding carboxylic acids is 4. The molecule has 2 bridgehead atoms. The molecule has 186 valence electrons. The second-order valence-electron chi connectivity index (χ2n) is 9.73. The van der Waals surface area contributed by atoms with Gasteiger partial charge in [-0.15, -0.1) is 0 Å². The number of methoxy groups -OCH3 is 1. The smallest absolute Gasteiger partial charge is 0.328 e. The van der Waals surface area contributed by atoms with Gasteiger partial charge in [0.1, 0.15) is 17.3 Å². The number of esters is 1. The highest BCUT2D eigenvalue weighted by atomic mass is 32.2. The van der Waals surface area contributed by atoms with Gasteiger partial charge in [0.05, 0.1) is 12.4 Å². The predicted molar refractivity (Wildman–Crippen MR) is 129 cm³/mol. The summed E-state index contributed by atoms with van der Waals surface area (Å²) in [6.07, 6.45) is 3.38. The second kappa shape index (κ2) is 10.8. The van der Waals surface area contributed by atoms with Crippen LogP contribution in [-0.4, -0.2) is 51.9 Å². The summed E-state index contributed by atoms with van der Waals surface area (Å²) in [5.74, 6) is -0.979. The number of amides is 2. The molecule has 1 aromatic carbocycles. The van der Waals surface area contributed by atoms with E-state index in [0.29, 0.717) is 12.3 Å². The van der Waals surface area contributed by atoms with E-state index in [1.165, 1.54) is 26.2 Å². The van der Waals surface area contributed by atoms with Gasteiger partial charge < -0.3 is 20.5 Å². The Kier molecular flexibility index (Phi) is 8.28. The van der Waals surface area contributed by atoms with Crippen molar-refractivity contribution < 1.29 is 29.0 Å². The van der Waals surface area contributed by atoms with Crippen molar-refractivity contribution in [1.29, 1.82) is 0 Å². The largest absolute Gasteiger partial charge is 0.508 e. The fraction of sp³-hybridized carbons (Fsp3) is 0.600. The van der Waals surface area contributed by atoms with Crippen molar-refractivity contribution in [3.05, 3.63) is 29.8 Å². The van der Waals surface area contributed by atoms with Gasteiger partial charge in [0.2, 0.25) is 11.8 Å². The molecular weight excluding hydrogens is 456 g/mol. The highest BCUT2D eigenvalue weighted by Gasteiger charge is 2.57. The molecule has 1 aromatic rings. The van der Waals surface area contributed by atoms with E-state index in [0.717, 1.165) is 36.6 Å². The highest BCUT2D eigenvalue weighted by molar-refractivity contribution is 8.14. The van der Waals surface area contributed by atoms with Gasteiger partial charge in [0.15, 0.2) is 5.12 Å². The van der Waals surface area contributed by atoms with E-state index in [2.05, 4.69) is 10.6 Å². The van der Waals surface area contributed by atoms with Crippen LogP contribution in [0.2, 0.25) is 0 Å². The lowest BCUT2D eigenvalue weighted by Crippen LogP contribution is -2.65. The first-order valence-corrected chi connectivity index (χ1v) is 12.6. The quantitative estimate of drug-likeness (QED) is 0.455. The van der Waals surface area contributed by atoms with Gasteiger partial charge >= 0.3 is 5.97 Å². The minimum atomic E-state index is -1.12. The van der Waals surface area contributed by atoms with Crippen molar-refractivity contribution in [2.45, 2.75) is 69.7 Å². The van der Waals surface area contributed by atoms with Gasteiger partial charge in [-0.05, 0) is 61.1 Å². The molecule has 3 rings (SSSR count). The van der Waals surface area contributed by atoms with Crippen molar-refractivity contribution in [2.24, 2.45) is 17.8 Å². The van der Waals surface area contributed by atoms with E-state index in [1.807, 2.05) is 13.8 Å². The van der Waals surface area contributed by atoms with Crippen LogP contribution in [0.15, 0.2) is 24.3 Å². The molecule has 9 heteroatoms. The van der Waals surface area contributed by atoms with Crippen LogP contribution in [0.5, 0.6) is 5.75 Å². The molecule has 3 N–H and O–H groups in total. The van der Waals surface area contributed by atoms with Crippen molar-refractivity contribution in [3.8, 4) is 5.75 Å². The van der Waals surface area contributed by atoms with Crippen LogP contribution >= 0.6 is 11.8 Å². The number of fused-ring (bicyclic) bond motifs is 2. The first kappa shape index (κ1) is 26.1. The SMILES string of the molecule is COC(=O)[C@H](Cc1ccc(O)cc1)NC(=O)C1(NC(=O)[C@@H](SC(C)=O)C(C)C)C[C@@H]2CC[C@H]1C2. The summed E-state index contributed by atoms with van der Waals surface area (Å²) in [5.41, 5.74) is -0.372. The summed E-state index contributed by atoms with van der Waals surface area (Å²) in [5, 5.41) is 14.7. The van der Waals surface area contributed by atoms with Crippen molar-refractivity contribution >= 4 is 34.7 Å². The van der Waals surface area contributed by atoms with E-state index in [1.54, 1.807) is 12.1 Å². The van der Waals surface area contributed by atoms with Gasteiger partial charge in [-0.1, -0.05) is 37.7 Å². The van der Waals surface area contributed by atoms with Crippen LogP contribution in [0.3, 0.4) is 0 Å². The average Bonchev–Trinajstić information content (AvgIpc) is 3.39. The molecular formula is C25H34N2O6S. The molecule has 2 fully saturated rings. The maximum absolute atomic E-state index is 13.7. The maximum Gasteiger partial charge on any atom is 0.328 e. The van der Waals surface area contributed by atoms with Crippen LogP contribution in [0.1, 0.15) is 52.0 Å². The summed E-state index contributed by atoms with van der Waals surface area (Å²) in [7, 11) is 1.26. The number of thioether (sulfide) groups is 1. The third kappa shape index (κ3) is 5.74. The lowest BCUT2D eigenvalue weighted by molar-refractivity contribution is -0.146. The fourth-order valence-corrected chi connectivity index (χ4v) is 6.07. The van der Waals surface area contributed by atoms with Crippen LogP contribution in [0.4, 0.5) is 0 Å². The van der Waals surface area contributed by atoms with Crippen LogP contribution in [0.25, 0.3) is 0 Å². The Labute approximate surface area is 204 Å². The molecule has 5 atom stereocenters. The highest BCUT2D eigenvalue weighted by Crippen LogP contribution is 2.51. The first-order valence-electron chi connectivity index (χ1n) is 11.7. The van der Waals surface area contributed by atoms with Crippen molar-refractivity contribution in [2.75, 3.05) is 7.11 Å². The van der Waals surface area contributed by atoms with E-state index >= 15 is 0 Å². The first-order chi connectivity index (χ1) is 16.1. The fourth-order valence-electron chi connectivity index (χ4n) is 5.27. The topological polar surface area (TPSA) is 122 Å². The molecule has 2 aliphatic carbocycles. The van der Waals surface area contributed by atoms with Gasteiger partial charge in [-0.2, -0.15) is 0 Å². The Balaban J connectivity index is 1.83. The third-order valence-electron chi connectivity index (χ3n) is 6.92. The molecule has 0 aliphatic heterocycles. The second-order valence-corrected chi connectivity index (χ2v) is 11.1. The molecule has 0 radical (unpaired) electrons. The Morgan fingerprint density at radius 2 is 1.85 bits per heavy atom. The number of hydrogen-bond acceptors (Lipinski definition) is 7. The average molecular weight is 491 g/mol. The lowest BCUT2D eigenvalue weighted by atomic mass is 9.79. The van der Waals surface area contributed by atoms with E-state index in [4.69, 9.17) is 4.74 Å². The number of rotatable bonds is 9. The number of ether oxygens (including phenoxy) is 1. The minimum absolute atomic E-state index is 0.0245. The van der Waals surface area contributed by atoms with Gasteiger partial charge in [0.25, 0.3) is 0 Å². The molecule has 1 unspecified atom stereocenters. The third-order valence-corrected chi connectivity index (χ3v) is 8.27. The molecule has 0 saturated heterocycles. The van der Waals surface area contributed by atoms with E-state index in [9.17, 15) is 24.3 Å². The maximum atomic E-state index is 13.7. The lowest BCUT2D eigenvalue weighted by Gasteiger charge is -2.39. The Morgan fingerprint density at radius 1 is 1.18 bits per heavy atom. The molecule has 2 amide bonds. The van der Waals surface area contributed by atoms with Crippen LogP contribution in [-0.2, 0) is 30.3 Å². The molecule has 0 aromatic heterocycles. The van der Waals surface area contributed by atoms with E-state index < -0.39 is 28.7 Å². The van der Waals surface area contributed by atoms with Crippen LogP contribution in [0, 0.1) is 17.8 Å². The molecule has 0 spiro atoms. The molecule has 2 aliphatic rings. The molecule has 2 saturated carbocycles. The zero-order valence-corrected chi connectivity index (χ0v) is 20.9. The number of hydrogen-bond donors (Lipinski definition) is 3. The Morgan fingerprint density at radius 3 is 2.35 bits per heavy atom. The summed E-state index contributed by atoms with van der Waals surface area (Å²) < 4.78 is 4.93. The molecule has 8 nitrogen and oxygen atoms in total. The number of benzene rings is 1. The summed E-state index contributed by atoms with van der Waals surface area (Å²) in [6.45, 7) is 5.18. The summed E-state index contributed by atoms with van der Waals surface area (Å²) in [6, 6.07) is 5.45. The Hall–Kier alpha value is -2.55. The van der Waals surface area contributed by atoms with Gasteiger partial charge in [0, 0.05) is 13.3 Å². The number of nitrogens with one attached hydrogen (secondary N) is 2. The number of aromatic hydroxyl groups is 1. The van der Waals surface area contributed by atoms with Crippen LogP contribution < -0.4 is 10.6 Å². The standard InChI is InChI=1S/C25H34N2O6S/c1-14(2)21(34-15(3)28)22(30)27-25(13-17-5-8-18(25)11-17)24(32)26-20(23(31)33-4)12-16-6-9-19(29)10-7-16/h6-7,9-10,14,17-18,20-21,29H,5,8,11-13H2,1-4H3,(H,26,32)(H,27,30)/t17-,18+,20+,21+,25?/m1/s1. The summed E-state index contributed by atoms with van der Waals surface area (Å²) >= 11 is 0.978. The molecule has 0 heterocycles. The predicted octanol–water partition coefficient (Wildman–Crippen LogP) is 2.57. The minimum Gasteiger partial charge on any atom is -0.508 e. The number of phenolic OH excluding ortho intramolecular Hbond substituents is 1.